The van der Waals surface area contributed by atoms with Gasteiger partial charge in [0.25, 0.3) is 0 Å². The lowest BCUT2D eigenvalue weighted by Gasteiger charge is -2.32. The molecule has 2 aromatic heterocycles. The Labute approximate surface area is 226 Å². The SMILES string of the molecule is FC(F)(F)C/N=C(\NC1CCOCC1)N[C@H]1CC[C@H](Nc2nccc(Nc3cc(C4CCCC4)[nH]n3)n2)CC1. The minimum absolute atomic E-state index is 0.0463. The van der Waals surface area contributed by atoms with Crippen molar-refractivity contribution in [2.75, 3.05) is 30.4 Å². The van der Waals surface area contributed by atoms with E-state index in [0.717, 1.165) is 44.3 Å². The van der Waals surface area contributed by atoms with Crippen LogP contribution in [0, 0.1) is 0 Å². The lowest BCUT2D eigenvalue weighted by molar-refractivity contribution is -0.118. The third kappa shape index (κ3) is 8.45. The van der Waals surface area contributed by atoms with E-state index in [4.69, 9.17) is 4.74 Å². The van der Waals surface area contributed by atoms with Gasteiger partial charge < -0.3 is 26.0 Å². The third-order valence-corrected chi connectivity index (χ3v) is 7.68. The molecule has 1 aliphatic heterocycles. The first-order chi connectivity index (χ1) is 18.9. The van der Waals surface area contributed by atoms with Crippen LogP contribution in [0.3, 0.4) is 0 Å². The Bertz CT molecular complexity index is 1070. The van der Waals surface area contributed by atoms with E-state index >= 15 is 0 Å². The maximum Gasteiger partial charge on any atom is 0.408 e. The molecular weight excluding hydrogens is 511 g/mol. The zero-order valence-electron chi connectivity index (χ0n) is 22.1. The summed E-state index contributed by atoms with van der Waals surface area (Å²) in [5, 5.41) is 20.6. The number of aromatic nitrogens is 4. The second-order valence-corrected chi connectivity index (χ2v) is 10.7. The summed E-state index contributed by atoms with van der Waals surface area (Å²) in [6, 6.07) is 4.15. The Kier molecular flexibility index (Phi) is 9.05. The molecule has 2 aromatic rings. The molecule has 2 saturated carbocycles. The lowest BCUT2D eigenvalue weighted by Crippen LogP contribution is -2.50. The molecule has 0 amide bonds. The molecule has 10 nitrogen and oxygen atoms in total. The number of hydrogen-bond donors (Lipinski definition) is 5. The van der Waals surface area contributed by atoms with Crippen LogP contribution in [0.1, 0.15) is 75.8 Å². The standard InChI is InChI=1S/C26H38F3N9O/c27-26(28,29)16-31-25(34-20-10-13-39-14-11-20)33-19-7-5-18(6-8-19)32-24-30-12-9-22(36-24)35-23-15-21(37-38-23)17-3-1-2-4-17/h9,12,15,17-20H,1-8,10-11,13-14,16H2,(H2,31,33,34)(H3,30,32,35,36,37,38)/t18-,19-. The number of rotatable bonds is 8. The van der Waals surface area contributed by atoms with E-state index in [1.807, 2.05) is 6.07 Å². The van der Waals surface area contributed by atoms with Crippen LogP contribution in [0.25, 0.3) is 0 Å². The van der Waals surface area contributed by atoms with Gasteiger partial charge in [-0.05, 0) is 57.4 Å². The van der Waals surface area contributed by atoms with E-state index < -0.39 is 12.7 Å². The molecule has 3 heterocycles. The molecular formula is C26H38F3N9O. The average molecular weight is 550 g/mol. The molecule has 0 radical (unpaired) electrons. The normalized spacial score (nSPS) is 23.5. The van der Waals surface area contributed by atoms with Crippen LogP contribution in [0.15, 0.2) is 23.3 Å². The number of nitrogens with one attached hydrogen (secondary N) is 5. The highest BCUT2D eigenvalue weighted by atomic mass is 19.4. The summed E-state index contributed by atoms with van der Waals surface area (Å²) in [6.07, 6.45) is 7.09. The predicted octanol–water partition coefficient (Wildman–Crippen LogP) is 4.60. The molecule has 5 N–H and O–H groups in total. The maximum absolute atomic E-state index is 12.8. The minimum atomic E-state index is -4.34. The topological polar surface area (TPSA) is 124 Å². The molecule has 214 valence electrons. The zero-order chi connectivity index (χ0) is 27.1. The van der Waals surface area contributed by atoms with Crippen molar-refractivity contribution in [3.8, 4) is 0 Å². The van der Waals surface area contributed by atoms with Gasteiger partial charge in [0.1, 0.15) is 12.4 Å². The van der Waals surface area contributed by atoms with Gasteiger partial charge in [0.2, 0.25) is 5.95 Å². The fourth-order valence-electron chi connectivity index (χ4n) is 5.57. The first-order valence-electron chi connectivity index (χ1n) is 14.0. The summed E-state index contributed by atoms with van der Waals surface area (Å²) in [4.78, 5) is 12.8. The van der Waals surface area contributed by atoms with E-state index in [1.165, 1.54) is 31.4 Å². The summed E-state index contributed by atoms with van der Waals surface area (Å²) in [5.74, 6) is 2.73. The van der Waals surface area contributed by atoms with Gasteiger partial charge in [-0.1, -0.05) is 12.8 Å². The molecule has 0 bridgehead atoms. The van der Waals surface area contributed by atoms with Crippen molar-refractivity contribution in [2.24, 2.45) is 4.99 Å². The Morgan fingerprint density at radius 3 is 2.36 bits per heavy atom. The Balaban J connectivity index is 1.11. The second-order valence-electron chi connectivity index (χ2n) is 10.7. The molecule has 0 unspecified atom stereocenters. The van der Waals surface area contributed by atoms with Gasteiger partial charge in [0.05, 0.1) is 0 Å². The van der Waals surface area contributed by atoms with Gasteiger partial charge in [0.15, 0.2) is 11.8 Å². The van der Waals surface area contributed by atoms with Gasteiger partial charge >= 0.3 is 6.18 Å². The van der Waals surface area contributed by atoms with E-state index in [2.05, 4.69) is 52.5 Å². The number of ether oxygens (including phenoxy) is 1. The summed E-state index contributed by atoms with van der Waals surface area (Å²) < 4.78 is 43.9. The van der Waals surface area contributed by atoms with Crippen molar-refractivity contribution in [1.82, 2.24) is 30.8 Å². The van der Waals surface area contributed by atoms with Crippen LogP contribution in [0.4, 0.5) is 30.8 Å². The van der Waals surface area contributed by atoms with E-state index in [1.54, 1.807) is 6.20 Å². The predicted molar refractivity (Wildman–Crippen MR) is 143 cm³/mol. The van der Waals surface area contributed by atoms with Gasteiger partial charge in [-0.25, -0.2) is 9.98 Å². The van der Waals surface area contributed by atoms with Gasteiger partial charge in [-0.2, -0.15) is 23.3 Å². The van der Waals surface area contributed by atoms with Crippen molar-refractivity contribution >= 4 is 23.5 Å². The van der Waals surface area contributed by atoms with Crippen LogP contribution >= 0.6 is 0 Å². The first-order valence-corrected chi connectivity index (χ1v) is 14.0. The maximum atomic E-state index is 12.8. The molecule has 3 aliphatic rings. The fourth-order valence-corrected chi connectivity index (χ4v) is 5.57. The van der Waals surface area contributed by atoms with Crippen molar-refractivity contribution in [3.05, 3.63) is 24.0 Å². The van der Waals surface area contributed by atoms with E-state index in [-0.39, 0.29) is 24.1 Å². The number of halogens is 3. The quantitative estimate of drug-likeness (QED) is 0.239. The zero-order valence-corrected chi connectivity index (χ0v) is 22.1. The number of aliphatic imine (C=N–C) groups is 1. The highest BCUT2D eigenvalue weighted by Gasteiger charge is 2.28. The number of hydrogen-bond acceptors (Lipinski definition) is 7. The number of H-pyrrole nitrogens is 1. The monoisotopic (exact) mass is 549 g/mol. The number of guanidine groups is 1. The third-order valence-electron chi connectivity index (χ3n) is 7.68. The molecule has 5 rings (SSSR count). The number of nitrogens with zero attached hydrogens (tertiary/aromatic N) is 4. The largest absolute Gasteiger partial charge is 0.408 e. The number of aromatic amines is 1. The summed E-state index contributed by atoms with van der Waals surface area (Å²) in [6.45, 7) is -0.00365. The molecule has 0 atom stereocenters. The van der Waals surface area contributed by atoms with Gasteiger partial charge in [0, 0.05) is 55.2 Å². The summed E-state index contributed by atoms with van der Waals surface area (Å²) in [5.41, 5.74) is 1.17. The highest BCUT2D eigenvalue weighted by Crippen LogP contribution is 2.34. The van der Waals surface area contributed by atoms with Gasteiger partial charge in [-0.15, -0.1) is 0 Å². The van der Waals surface area contributed by atoms with Crippen LogP contribution in [0.5, 0.6) is 0 Å². The van der Waals surface area contributed by atoms with Crippen LogP contribution in [-0.2, 0) is 4.74 Å². The lowest BCUT2D eigenvalue weighted by atomic mass is 9.91. The molecule has 0 aromatic carbocycles. The first kappa shape index (κ1) is 27.5. The summed E-state index contributed by atoms with van der Waals surface area (Å²) >= 11 is 0. The molecule has 13 heteroatoms. The molecule has 1 saturated heterocycles. The van der Waals surface area contributed by atoms with Crippen molar-refractivity contribution < 1.29 is 17.9 Å². The van der Waals surface area contributed by atoms with Crippen LogP contribution in [-0.4, -0.2) is 70.2 Å². The summed E-state index contributed by atoms with van der Waals surface area (Å²) in [7, 11) is 0. The smallest absolute Gasteiger partial charge is 0.381 e. The van der Waals surface area contributed by atoms with Crippen LogP contribution < -0.4 is 21.3 Å². The van der Waals surface area contributed by atoms with E-state index in [9.17, 15) is 13.2 Å². The second kappa shape index (κ2) is 12.8. The van der Waals surface area contributed by atoms with Crippen molar-refractivity contribution in [1.29, 1.82) is 0 Å². The highest BCUT2D eigenvalue weighted by molar-refractivity contribution is 5.80. The number of alkyl halides is 3. The molecule has 39 heavy (non-hydrogen) atoms. The minimum Gasteiger partial charge on any atom is -0.381 e. The van der Waals surface area contributed by atoms with Crippen molar-refractivity contribution in [3.63, 3.8) is 0 Å². The molecule has 0 spiro atoms. The fraction of sp³-hybridized carbons (Fsp3) is 0.692. The Morgan fingerprint density at radius 1 is 0.949 bits per heavy atom. The average Bonchev–Trinajstić information content (AvgIpc) is 3.61. The number of anilines is 3. The molecule has 3 fully saturated rings. The molecule has 2 aliphatic carbocycles. The van der Waals surface area contributed by atoms with Gasteiger partial charge in [-0.3, -0.25) is 5.10 Å². The Hall–Kier alpha value is -3.09. The van der Waals surface area contributed by atoms with Crippen molar-refractivity contribution in [2.45, 2.75) is 94.4 Å². The Morgan fingerprint density at radius 2 is 1.64 bits per heavy atom. The van der Waals surface area contributed by atoms with E-state index in [0.29, 0.717) is 30.9 Å². The van der Waals surface area contributed by atoms with Crippen LogP contribution in [0.2, 0.25) is 0 Å².